The topological polar surface area (TPSA) is 20.3 Å². The van der Waals surface area contributed by atoms with Gasteiger partial charge in [-0.25, -0.2) is 0 Å². The first-order valence-electron chi connectivity index (χ1n) is 6.80. The van der Waals surface area contributed by atoms with Gasteiger partial charge in [-0.15, -0.1) is 0 Å². The molecule has 0 heterocycles. The molecule has 2 nitrogen and oxygen atoms in total. The van der Waals surface area contributed by atoms with E-state index in [9.17, 15) is 4.79 Å². The second-order valence-corrected chi connectivity index (χ2v) is 4.98. The molecule has 0 fully saturated rings. The van der Waals surface area contributed by atoms with E-state index in [-0.39, 0.29) is 5.78 Å². The molecule has 0 amide bonds. The Morgan fingerprint density at radius 1 is 1.05 bits per heavy atom. The second-order valence-electron chi connectivity index (χ2n) is 4.57. The summed E-state index contributed by atoms with van der Waals surface area (Å²) >= 11 is 6.05. The van der Waals surface area contributed by atoms with Crippen molar-refractivity contribution in [2.24, 2.45) is 0 Å². The van der Waals surface area contributed by atoms with Crippen molar-refractivity contribution in [2.45, 2.75) is 13.3 Å². The van der Waals surface area contributed by atoms with E-state index in [4.69, 9.17) is 11.6 Å². The molecule has 0 atom stereocenters. The number of anilines is 1. The highest BCUT2D eigenvalue weighted by Crippen LogP contribution is 2.18. The predicted octanol–water partition coefficient (Wildman–Crippen LogP) is 4.44. The lowest BCUT2D eigenvalue weighted by atomic mass is 10.1. The van der Waals surface area contributed by atoms with Crippen LogP contribution in [-0.2, 0) is 0 Å². The molecule has 0 aliphatic rings. The molecule has 0 spiro atoms. The average Bonchev–Trinajstić information content (AvgIpc) is 2.49. The van der Waals surface area contributed by atoms with Crippen LogP contribution in [0.3, 0.4) is 0 Å². The van der Waals surface area contributed by atoms with Crippen molar-refractivity contribution in [1.82, 2.24) is 0 Å². The molecule has 0 aromatic heterocycles. The SMILES string of the molecule is CCN(CCC(=O)c1ccccc1Cl)c1ccccc1. The first-order chi connectivity index (χ1) is 9.72. The fraction of sp³-hybridized carbons (Fsp3) is 0.235. The third-order valence-corrected chi connectivity index (χ3v) is 3.62. The molecular weight excluding hydrogens is 270 g/mol. The number of halogens is 1. The van der Waals surface area contributed by atoms with Gasteiger partial charge in [-0.1, -0.05) is 41.9 Å². The fourth-order valence-electron chi connectivity index (χ4n) is 2.17. The molecule has 3 heteroatoms. The smallest absolute Gasteiger partial charge is 0.166 e. The molecule has 2 rings (SSSR count). The van der Waals surface area contributed by atoms with E-state index in [0.717, 1.165) is 12.2 Å². The number of carbonyl (C=O) groups excluding carboxylic acids is 1. The zero-order valence-electron chi connectivity index (χ0n) is 11.6. The minimum atomic E-state index is 0.0879. The Bertz CT molecular complexity index is 568. The quantitative estimate of drug-likeness (QED) is 0.732. The summed E-state index contributed by atoms with van der Waals surface area (Å²) in [5.41, 5.74) is 1.75. The average molecular weight is 288 g/mol. The van der Waals surface area contributed by atoms with E-state index in [1.54, 1.807) is 12.1 Å². The van der Waals surface area contributed by atoms with Crippen LogP contribution in [0.1, 0.15) is 23.7 Å². The summed E-state index contributed by atoms with van der Waals surface area (Å²) in [4.78, 5) is 14.4. The molecule has 2 aromatic carbocycles. The Morgan fingerprint density at radius 2 is 1.70 bits per heavy atom. The third-order valence-electron chi connectivity index (χ3n) is 3.29. The molecule has 0 saturated carbocycles. The fourth-order valence-corrected chi connectivity index (χ4v) is 2.41. The van der Waals surface area contributed by atoms with Crippen LogP contribution in [0, 0.1) is 0 Å². The Hall–Kier alpha value is -1.80. The zero-order valence-corrected chi connectivity index (χ0v) is 12.3. The summed E-state index contributed by atoms with van der Waals surface area (Å²) in [6, 6.07) is 17.3. The van der Waals surface area contributed by atoms with E-state index in [2.05, 4.69) is 24.0 Å². The van der Waals surface area contributed by atoms with Gasteiger partial charge in [0.15, 0.2) is 5.78 Å². The lowest BCUT2D eigenvalue weighted by Crippen LogP contribution is -2.25. The van der Waals surface area contributed by atoms with Gasteiger partial charge in [0.1, 0.15) is 0 Å². The number of rotatable bonds is 6. The number of carbonyl (C=O) groups is 1. The maximum absolute atomic E-state index is 12.2. The van der Waals surface area contributed by atoms with Crippen LogP contribution in [0.25, 0.3) is 0 Å². The van der Waals surface area contributed by atoms with E-state index in [1.807, 2.05) is 30.3 Å². The molecule has 2 aromatic rings. The van der Waals surface area contributed by atoms with Crippen LogP contribution < -0.4 is 4.90 Å². The highest BCUT2D eigenvalue weighted by Gasteiger charge is 2.11. The Balaban J connectivity index is 2.01. The number of Topliss-reactive ketones (excluding diaryl/α,β-unsaturated/α-hetero) is 1. The molecule has 0 radical (unpaired) electrons. The van der Waals surface area contributed by atoms with Crippen LogP contribution in [0.2, 0.25) is 5.02 Å². The van der Waals surface area contributed by atoms with E-state index in [0.29, 0.717) is 23.6 Å². The van der Waals surface area contributed by atoms with Crippen LogP contribution in [0.15, 0.2) is 54.6 Å². The highest BCUT2D eigenvalue weighted by atomic mass is 35.5. The highest BCUT2D eigenvalue weighted by molar-refractivity contribution is 6.33. The second kappa shape index (κ2) is 7.11. The van der Waals surface area contributed by atoms with Gasteiger partial charge in [-0.3, -0.25) is 4.79 Å². The van der Waals surface area contributed by atoms with Gasteiger partial charge in [0.2, 0.25) is 0 Å². The van der Waals surface area contributed by atoms with Crippen molar-refractivity contribution in [3.8, 4) is 0 Å². The number of nitrogens with zero attached hydrogens (tertiary/aromatic N) is 1. The van der Waals surface area contributed by atoms with Crippen molar-refractivity contribution in [2.75, 3.05) is 18.0 Å². The summed E-state index contributed by atoms with van der Waals surface area (Å²) in [6.45, 7) is 3.66. The van der Waals surface area contributed by atoms with Gasteiger partial charge in [0.05, 0.1) is 5.02 Å². The van der Waals surface area contributed by atoms with Crippen LogP contribution in [0.5, 0.6) is 0 Å². The normalized spacial score (nSPS) is 10.3. The van der Waals surface area contributed by atoms with E-state index >= 15 is 0 Å². The Kier molecular flexibility index (Phi) is 5.19. The van der Waals surface area contributed by atoms with Gasteiger partial charge >= 0.3 is 0 Å². The van der Waals surface area contributed by atoms with Crippen molar-refractivity contribution in [3.63, 3.8) is 0 Å². The summed E-state index contributed by atoms with van der Waals surface area (Å²) < 4.78 is 0. The van der Waals surface area contributed by atoms with E-state index < -0.39 is 0 Å². The van der Waals surface area contributed by atoms with Crippen molar-refractivity contribution >= 4 is 23.1 Å². The number of hydrogen-bond acceptors (Lipinski definition) is 2. The van der Waals surface area contributed by atoms with Gasteiger partial charge in [0, 0.05) is 30.8 Å². The lowest BCUT2D eigenvalue weighted by molar-refractivity contribution is 0.0985. The summed E-state index contributed by atoms with van der Waals surface area (Å²) in [7, 11) is 0. The lowest BCUT2D eigenvalue weighted by Gasteiger charge is -2.22. The van der Waals surface area contributed by atoms with Crippen molar-refractivity contribution in [1.29, 1.82) is 0 Å². The van der Waals surface area contributed by atoms with Crippen molar-refractivity contribution in [3.05, 3.63) is 65.2 Å². The minimum Gasteiger partial charge on any atom is -0.371 e. The maximum atomic E-state index is 12.2. The third kappa shape index (κ3) is 3.61. The molecule has 0 saturated heterocycles. The monoisotopic (exact) mass is 287 g/mol. The maximum Gasteiger partial charge on any atom is 0.166 e. The van der Waals surface area contributed by atoms with Gasteiger partial charge < -0.3 is 4.90 Å². The van der Waals surface area contributed by atoms with Crippen LogP contribution in [0.4, 0.5) is 5.69 Å². The number of benzene rings is 2. The predicted molar refractivity (Wildman–Crippen MR) is 84.7 cm³/mol. The van der Waals surface area contributed by atoms with Crippen LogP contribution >= 0.6 is 11.6 Å². The van der Waals surface area contributed by atoms with Crippen LogP contribution in [-0.4, -0.2) is 18.9 Å². The minimum absolute atomic E-state index is 0.0879. The van der Waals surface area contributed by atoms with Crippen molar-refractivity contribution < 1.29 is 4.79 Å². The van der Waals surface area contributed by atoms with Gasteiger partial charge in [-0.2, -0.15) is 0 Å². The molecule has 0 aliphatic carbocycles. The first kappa shape index (κ1) is 14.6. The standard InChI is InChI=1S/C17H18ClNO/c1-2-19(14-8-4-3-5-9-14)13-12-17(20)15-10-6-7-11-16(15)18/h3-11H,2,12-13H2,1H3. The zero-order chi connectivity index (χ0) is 14.4. The first-order valence-corrected chi connectivity index (χ1v) is 7.18. The van der Waals surface area contributed by atoms with Gasteiger partial charge in [-0.05, 0) is 31.2 Å². The molecule has 0 N–H and O–H groups in total. The molecular formula is C17H18ClNO. The molecule has 0 unspecified atom stereocenters. The number of para-hydroxylation sites is 1. The van der Waals surface area contributed by atoms with E-state index in [1.165, 1.54) is 0 Å². The Morgan fingerprint density at radius 3 is 2.35 bits per heavy atom. The van der Waals surface area contributed by atoms with Gasteiger partial charge in [0.25, 0.3) is 0 Å². The molecule has 0 aliphatic heterocycles. The summed E-state index contributed by atoms with van der Waals surface area (Å²) in [5, 5.41) is 0.528. The summed E-state index contributed by atoms with van der Waals surface area (Å²) in [5.74, 6) is 0.0879. The molecule has 0 bridgehead atoms. The molecule has 104 valence electrons. The largest absolute Gasteiger partial charge is 0.371 e. The number of ketones is 1. The molecule has 20 heavy (non-hydrogen) atoms. The summed E-state index contributed by atoms with van der Waals surface area (Å²) in [6.07, 6.45) is 0.465. The number of hydrogen-bond donors (Lipinski definition) is 0. The Labute approximate surface area is 125 Å².